The lowest BCUT2D eigenvalue weighted by Gasteiger charge is -2.30. The van der Waals surface area contributed by atoms with Gasteiger partial charge in [0, 0.05) is 32.8 Å². The van der Waals surface area contributed by atoms with Crippen LogP contribution < -0.4 is 11.1 Å². The molecular weight excluding hydrogens is 182 g/mol. The molecule has 1 fully saturated rings. The van der Waals surface area contributed by atoms with Crippen LogP contribution in [0.1, 0.15) is 12.8 Å². The predicted molar refractivity (Wildman–Crippen MR) is 54.1 cm³/mol. The number of carbonyl (C=O) groups is 1. The Hall–Kier alpha value is -0.810. The number of nitrogens with zero attached hydrogens (tertiary/aromatic N) is 1. The topological polar surface area (TPSA) is 67.6 Å². The molecule has 0 atom stereocenters. The molecule has 0 unspecified atom stereocenters. The first-order valence-corrected chi connectivity index (χ1v) is 5.01. The highest BCUT2D eigenvalue weighted by Gasteiger charge is 2.19. The molecule has 1 heterocycles. The highest BCUT2D eigenvalue weighted by Crippen LogP contribution is 2.07. The monoisotopic (exact) mass is 201 g/mol. The van der Waals surface area contributed by atoms with Crippen LogP contribution in [0.2, 0.25) is 0 Å². The first-order chi connectivity index (χ1) is 6.74. The summed E-state index contributed by atoms with van der Waals surface area (Å²) in [6.07, 6.45) is 1.80. The number of hydrogen-bond donors (Lipinski definition) is 2. The zero-order chi connectivity index (χ0) is 10.4. The number of rotatable bonds is 3. The number of urea groups is 1. The van der Waals surface area contributed by atoms with Crippen LogP contribution in [0.3, 0.4) is 0 Å². The summed E-state index contributed by atoms with van der Waals surface area (Å²) in [6.45, 7) is 2.65. The molecule has 0 radical (unpaired) electrons. The molecule has 1 rings (SSSR count). The second-order valence-electron chi connectivity index (χ2n) is 3.55. The van der Waals surface area contributed by atoms with Gasteiger partial charge in [-0.05, 0) is 12.8 Å². The molecule has 0 aliphatic carbocycles. The van der Waals surface area contributed by atoms with Gasteiger partial charge in [-0.3, -0.25) is 0 Å². The van der Waals surface area contributed by atoms with E-state index in [0.717, 1.165) is 25.9 Å². The van der Waals surface area contributed by atoms with Crippen molar-refractivity contribution in [3.05, 3.63) is 0 Å². The Bertz CT molecular complexity index is 179. The van der Waals surface area contributed by atoms with Gasteiger partial charge >= 0.3 is 6.03 Å². The van der Waals surface area contributed by atoms with Crippen LogP contribution in [0, 0.1) is 0 Å². The third kappa shape index (κ3) is 3.51. The molecule has 3 N–H and O–H groups in total. The highest BCUT2D eigenvalue weighted by atomic mass is 16.5. The van der Waals surface area contributed by atoms with E-state index in [1.165, 1.54) is 0 Å². The van der Waals surface area contributed by atoms with E-state index in [1.54, 1.807) is 12.0 Å². The molecule has 0 aromatic carbocycles. The van der Waals surface area contributed by atoms with Crippen LogP contribution in [0.5, 0.6) is 0 Å². The maximum atomic E-state index is 11.5. The molecule has 0 saturated carbocycles. The van der Waals surface area contributed by atoms with E-state index in [2.05, 4.69) is 5.32 Å². The van der Waals surface area contributed by atoms with Crippen molar-refractivity contribution < 1.29 is 9.53 Å². The summed E-state index contributed by atoms with van der Waals surface area (Å²) < 4.78 is 4.84. The largest absolute Gasteiger partial charge is 0.383 e. The van der Waals surface area contributed by atoms with Gasteiger partial charge in [0.15, 0.2) is 0 Å². The number of hydrogen-bond acceptors (Lipinski definition) is 3. The second kappa shape index (κ2) is 5.82. The molecule has 1 aliphatic heterocycles. The Morgan fingerprint density at radius 3 is 2.79 bits per heavy atom. The number of amides is 2. The minimum atomic E-state index is -0.00560. The zero-order valence-corrected chi connectivity index (χ0v) is 8.66. The van der Waals surface area contributed by atoms with Gasteiger partial charge in [-0.25, -0.2) is 4.79 Å². The lowest BCUT2D eigenvalue weighted by atomic mass is 10.1. The van der Waals surface area contributed by atoms with E-state index in [9.17, 15) is 4.79 Å². The number of methoxy groups -OCH3 is 1. The molecule has 1 saturated heterocycles. The van der Waals surface area contributed by atoms with Crippen molar-refractivity contribution in [3.8, 4) is 0 Å². The zero-order valence-electron chi connectivity index (χ0n) is 8.66. The molecule has 14 heavy (non-hydrogen) atoms. The molecule has 82 valence electrons. The second-order valence-corrected chi connectivity index (χ2v) is 3.55. The van der Waals surface area contributed by atoms with E-state index in [4.69, 9.17) is 10.5 Å². The first-order valence-electron chi connectivity index (χ1n) is 5.01. The fraction of sp³-hybridized carbons (Fsp3) is 0.889. The van der Waals surface area contributed by atoms with E-state index in [0.29, 0.717) is 13.2 Å². The van der Waals surface area contributed by atoms with E-state index in [-0.39, 0.29) is 12.1 Å². The quantitative estimate of drug-likeness (QED) is 0.620. The molecule has 1 aliphatic rings. The minimum absolute atomic E-state index is 0.00560. The van der Waals surface area contributed by atoms with Crippen molar-refractivity contribution in [1.29, 1.82) is 0 Å². The number of nitrogens with one attached hydrogen (secondary N) is 1. The fourth-order valence-electron chi connectivity index (χ4n) is 1.47. The molecule has 5 nitrogen and oxygen atoms in total. The van der Waals surface area contributed by atoms with Crippen molar-refractivity contribution in [2.75, 3.05) is 33.4 Å². The van der Waals surface area contributed by atoms with E-state index >= 15 is 0 Å². The summed E-state index contributed by atoms with van der Waals surface area (Å²) in [5.74, 6) is 0. The Balaban J connectivity index is 2.17. The Labute approximate surface area is 84.6 Å². The first kappa shape index (κ1) is 11.3. The maximum Gasteiger partial charge on any atom is 0.317 e. The Morgan fingerprint density at radius 1 is 1.57 bits per heavy atom. The number of carbonyl (C=O) groups excluding carboxylic acids is 1. The summed E-state index contributed by atoms with van der Waals surface area (Å²) >= 11 is 0. The van der Waals surface area contributed by atoms with Crippen molar-refractivity contribution in [2.45, 2.75) is 18.9 Å². The van der Waals surface area contributed by atoms with Gasteiger partial charge in [0.2, 0.25) is 0 Å². The number of likely N-dealkylation sites (tertiary alicyclic amines) is 1. The average Bonchev–Trinajstić information content (AvgIpc) is 2.19. The lowest BCUT2D eigenvalue weighted by Crippen LogP contribution is -2.47. The molecule has 0 bridgehead atoms. The lowest BCUT2D eigenvalue weighted by molar-refractivity contribution is 0.169. The molecule has 0 spiro atoms. The van der Waals surface area contributed by atoms with Crippen LogP contribution in [0.25, 0.3) is 0 Å². The number of nitrogens with two attached hydrogens (primary N) is 1. The van der Waals surface area contributed by atoms with Gasteiger partial charge in [-0.1, -0.05) is 0 Å². The summed E-state index contributed by atoms with van der Waals surface area (Å²) in [4.78, 5) is 13.3. The molecular formula is C9H19N3O2. The van der Waals surface area contributed by atoms with Crippen molar-refractivity contribution >= 4 is 6.03 Å². The third-order valence-corrected chi connectivity index (χ3v) is 2.41. The van der Waals surface area contributed by atoms with Gasteiger partial charge < -0.3 is 20.7 Å². The standard InChI is InChI=1S/C9H19N3O2/c1-14-7-4-11-9(13)12-5-2-8(10)3-6-12/h8H,2-7,10H2,1H3,(H,11,13). The van der Waals surface area contributed by atoms with E-state index < -0.39 is 0 Å². The third-order valence-electron chi connectivity index (χ3n) is 2.41. The fourth-order valence-corrected chi connectivity index (χ4v) is 1.47. The van der Waals surface area contributed by atoms with Crippen molar-refractivity contribution in [2.24, 2.45) is 5.73 Å². The number of ether oxygens (including phenoxy) is 1. The smallest absolute Gasteiger partial charge is 0.317 e. The minimum Gasteiger partial charge on any atom is -0.383 e. The number of piperidine rings is 1. The van der Waals surface area contributed by atoms with Gasteiger partial charge in [0.05, 0.1) is 6.61 Å². The molecule has 2 amide bonds. The van der Waals surface area contributed by atoms with Gasteiger partial charge in [-0.2, -0.15) is 0 Å². The van der Waals surface area contributed by atoms with Crippen LogP contribution >= 0.6 is 0 Å². The van der Waals surface area contributed by atoms with Crippen LogP contribution in [-0.2, 0) is 4.74 Å². The summed E-state index contributed by atoms with van der Waals surface area (Å²) in [7, 11) is 1.62. The Kier molecular flexibility index (Phi) is 4.69. The SMILES string of the molecule is COCCNC(=O)N1CCC(N)CC1. The summed E-state index contributed by atoms with van der Waals surface area (Å²) in [5, 5.41) is 2.79. The normalized spacial score (nSPS) is 18.3. The molecule has 0 aromatic heterocycles. The van der Waals surface area contributed by atoms with Gasteiger partial charge in [0.1, 0.15) is 0 Å². The summed E-state index contributed by atoms with van der Waals surface area (Å²) in [6, 6.07) is 0.256. The van der Waals surface area contributed by atoms with Crippen LogP contribution in [-0.4, -0.2) is 50.3 Å². The average molecular weight is 201 g/mol. The van der Waals surface area contributed by atoms with E-state index in [1.807, 2.05) is 0 Å². The van der Waals surface area contributed by atoms with Crippen molar-refractivity contribution in [3.63, 3.8) is 0 Å². The predicted octanol–water partition coefficient (Wildman–Crippen LogP) is -0.234. The van der Waals surface area contributed by atoms with Crippen LogP contribution in [0.4, 0.5) is 4.79 Å². The van der Waals surface area contributed by atoms with Crippen molar-refractivity contribution in [1.82, 2.24) is 10.2 Å². The molecule has 0 aromatic rings. The van der Waals surface area contributed by atoms with Gasteiger partial charge in [-0.15, -0.1) is 0 Å². The molecule has 5 heteroatoms. The maximum absolute atomic E-state index is 11.5. The highest BCUT2D eigenvalue weighted by molar-refractivity contribution is 5.74. The van der Waals surface area contributed by atoms with Crippen LogP contribution in [0.15, 0.2) is 0 Å². The Morgan fingerprint density at radius 2 is 2.21 bits per heavy atom. The van der Waals surface area contributed by atoms with Gasteiger partial charge in [0.25, 0.3) is 0 Å². The summed E-state index contributed by atoms with van der Waals surface area (Å²) in [5.41, 5.74) is 5.74.